The molecule has 1 unspecified atom stereocenters. The average molecular weight is 280 g/mol. The summed E-state index contributed by atoms with van der Waals surface area (Å²) in [6.07, 6.45) is 5.24. The first-order valence-electron chi connectivity index (χ1n) is 6.21. The average Bonchev–Trinajstić information content (AvgIpc) is 2.29. The highest BCUT2D eigenvalue weighted by Crippen LogP contribution is 2.36. The summed E-state index contributed by atoms with van der Waals surface area (Å²) >= 11 is 1.68. The van der Waals surface area contributed by atoms with Crippen LogP contribution in [0.1, 0.15) is 34.1 Å². The molecule has 1 rings (SSSR count). The van der Waals surface area contributed by atoms with Crippen LogP contribution in [0.4, 0.5) is 0 Å². The third-order valence-corrected chi connectivity index (χ3v) is 3.72. The van der Waals surface area contributed by atoms with Crippen LogP contribution in [0.5, 0.6) is 0 Å². The van der Waals surface area contributed by atoms with Crippen molar-refractivity contribution in [2.75, 3.05) is 5.75 Å². The van der Waals surface area contributed by atoms with Gasteiger partial charge in [0.05, 0.1) is 12.5 Å². The highest BCUT2D eigenvalue weighted by molar-refractivity contribution is 8.03. The second-order valence-corrected chi connectivity index (χ2v) is 6.78. The molecule has 5 heteroatoms. The molecule has 19 heavy (non-hydrogen) atoms. The fourth-order valence-electron chi connectivity index (χ4n) is 2.14. The number of aliphatic carboxylic acids is 1. The van der Waals surface area contributed by atoms with Crippen LogP contribution in [0.25, 0.3) is 0 Å². The van der Waals surface area contributed by atoms with Gasteiger partial charge >= 0.3 is 5.97 Å². The van der Waals surface area contributed by atoms with Gasteiger partial charge in [0, 0.05) is 16.6 Å². The number of nitriles is 1. The monoisotopic (exact) mass is 280 g/mol. The molecule has 0 aromatic heterocycles. The summed E-state index contributed by atoms with van der Waals surface area (Å²) in [4.78, 5) is 14.0. The van der Waals surface area contributed by atoms with Gasteiger partial charge in [-0.2, -0.15) is 5.26 Å². The van der Waals surface area contributed by atoms with Crippen LogP contribution in [-0.4, -0.2) is 32.8 Å². The molecule has 0 bridgehead atoms. The zero-order valence-corrected chi connectivity index (χ0v) is 12.6. The van der Waals surface area contributed by atoms with Crippen molar-refractivity contribution in [1.82, 2.24) is 4.90 Å². The third-order valence-electron chi connectivity index (χ3n) is 2.86. The summed E-state index contributed by atoms with van der Waals surface area (Å²) in [5, 5.41) is 18.6. The molecule has 0 aromatic rings. The lowest BCUT2D eigenvalue weighted by Gasteiger charge is -2.46. The van der Waals surface area contributed by atoms with Crippen molar-refractivity contribution in [3.63, 3.8) is 0 Å². The predicted molar refractivity (Wildman–Crippen MR) is 77.5 cm³/mol. The van der Waals surface area contributed by atoms with Crippen LogP contribution in [0, 0.1) is 11.3 Å². The number of hydrogen-bond acceptors (Lipinski definition) is 4. The van der Waals surface area contributed by atoms with Crippen LogP contribution in [-0.2, 0) is 4.79 Å². The maximum Gasteiger partial charge on any atom is 0.307 e. The van der Waals surface area contributed by atoms with E-state index in [1.54, 1.807) is 17.8 Å². The zero-order chi connectivity index (χ0) is 14.7. The van der Waals surface area contributed by atoms with E-state index in [-0.39, 0.29) is 12.0 Å². The second-order valence-electron chi connectivity index (χ2n) is 5.45. The Morgan fingerprint density at radius 2 is 2.21 bits per heavy atom. The lowest BCUT2D eigenvalue weighted by Crippen LogP contribution is -2.54. The van der Waals surface area contributed by atoms with E-state index in [1.807, 2.05) is 37.9 Å². The van der Waals surface area contributed by atoms with Crippen LogP contribution < -0.4 is 0 Å². The lowest BCUT2D eigenvalue weighted by atomic mass is 9.87. The fraction of sp³-hybridized carbons (Fsp3) is 0.571. The van der Waals surface area contributed by atoms with Gasteiger partial charge in [0.1, 0.15) is 0 Å². The Hall–Kier alpha value is -1.41. The van der Waals surface area contributed by atoms with Crippen molar-refractivity contribution in [2.24, 2.45) is 0 Å². The first-order chi connectivity index (χ1) is 8.75. The molecule has 104 valence electrons. The van der Waals surface area contributed by atoms with Gasteiger partial charge in [-0.3, -0.25) is 4.79 Å². The van der Waals surface area contributed by atoms with E-state index in [0.717, 1.165) is 10.7 Å². The van der Waals surface area contributed by atoms with Crippen molar-refractivity contribution >= 4 is 17.7 Å². The molecule has 0 aromatic carbocycles. The predicted octanol–water partition coefficient (Wildman–Crippen LogP) is 2.99. The highest BCUT2D eigenvalue weighted by atomic mass is 32.2. The van der Waals surface area contributed by atoms with Crippen molar-refractivity contribution in [3.05, 3.63) is 23.3 Å². The molecule has 0 saturated heterocycles. The Balaban J connectivity index is 3.22. The molecular weight excluding hydrogens is 260 g/mol. The summed E-state index contributed by atoms with van der Waals surface area (Å²) in [5.74, 6) is -0.0347. The Morgan fingerprint density at radius 3 is 2.63 bits per heavy atom. The van der Waals surface area contributed by atoms with Gasteiger partial charge in [0.25, 0.3) is 0 Å². The quantitative estimate of drug-likeness (QED) is 0.857. The van der Waals surface area contributed by atoms with E-state index in [1.165, 1.54) is 0 Å². The summed E-state index contributed by atoms with van der Waals surface area (Å²) in [5.41, 5.74) is -1.43. The summed E-state index contributed by atoms with van der Waals surface area (Å²) < 4.78 is 0. The number of hydrogen-bond donors (Lipinski definition) is 1. The van der Waals surface area contributed by atoms with Gasteiger partial charge in [-0.15, -0.1) is 11.8 Å². The van der Waals surface area contributed by atoms with E-state index in [9.17, 15) is 10.1 Å². The molecule has 1 aliphatic heterocycles. The van der Waals surface area contributed by atoms with Crippen LogP contribution in [0.15, 0.2) is 23.3 Å². The van der Waals surface area contributed by atoms with Gasteiger partial charge in [0.15, 0.2) is 5.54 Å². The van der Waals surface area contributed by atoms with Crippen LogP contribution >= 0.6 is 11.8 Å². The molecule has 1 N–H and O–H groups in total. The van der Waals surface area contributed by atoms with Gasteiger partial charge in [-0.05, 0) is 38.7 Å². The molecule has 0 aliphatic carbocycles. The number of carboxylic acids is 1. The van der Waals surface area contributed by atoms with Gasteiger partial charge in [-0.25, -0.2) is 0 Å². The van der Waals surface area contributed by atoms with Crippen molar-refractivity contribution < 1.29 is 9.90 Å². The molecule has 0 fully saturated rings. The van der Waals surface area contributed by atoms with E-state index < -0.39 is 11.5 Å². The van der Waals surface area contributed by atoms with E-state index >= 15 is 0 Å². The second kappa shape index (κ2) is 5.70. The lowest BCUT2D eigenvalue weighted by molar-refractivity contribution is -0.139. The molecule has 4 nitrogen and oxygen atoms in total. The molecule has 0 spiro atoms. The normalized spacial score (nSPS) is 22.9. The minimum absolute atomic E-state index is 0.224. The standard InChI is InChI=1S/C14H20N2O2S/c1-5-19-11-6-7-14(10-15,8-12(17)18)16(9-11)13(2,3)4/h6-7,9H,5,8H2,1-4H3,(H,17,18). The summed E-state index contributed by atoms with van der Waals surface area (Å²) in [6.45, 7) is 7.99. The number of allylic oxidation sites excluding steroid dienone is 1. The number of rotatable bonds is 4. The Morgan fingerprint density at radius 1 is 1.58 bits per heavy atom. The summed E-state index contributed by atoms with van der Waals surface area (Å²) in [6, 6.07) is 2.17. The summed E-state index contributed by atoms with van der Waals surface area (Å²) in [7, 11) is 0. The molecule has 0 amide bonds. The molecule has 0 saturated carbocycles. The molecular formula is C14H20N2O2S. The smallest absolute Gasteiger partial charge is 0.307 e. The molecule has 1 atom stereocenters. The van der Waals surface area contributed by atoms with E-state index in [4.69, 9.17) is 5.11 Å². The first kappa shape index (κ1) is 15.6. The largest absolute Gasteiger partial charge is 0.481 e. The van der Waals surface area contributed by atoms with Crippen LogP contribution in [0.3, 0.4) is 0 Å². The van der Waals surface area contributed by atoms with Gasteiger partial charge < -0.3 is 10.0 Å². The SMILES string of the molecule is CCSC1=CN(C(C)(C)C)C(C#N)(CC(=O)O)C=C1. The zero-order valence-electron chi connectivity index (χ0n) is 11.8. The number of carbonyl (C=O) groups is 1. The topological polar surface area (TPSA) is 64.3 Å². The fourth-order valence-corrected chi connectivity index (χ4v) is 2.81. The molecule has 0 radical (unpaired) electrons. The van der Waals surface area contributed by atoms with E-state index in [2.05, 4.69) is 13.0 Å². The minimum Gasteiger partial charge on any atom is -0.481 e. The minimum atomic E-state index is -1.11. The third kappa shape index (κ3) is 3.54. The molecule has 1 aliphatic rings. The first-order valence-corrected chi connectivity index (χ1v) is 7.20. The number of nitrogens with zero attached hydrogens (tertiary/aromatic N) is 2. The van der Waals surface area contributed by atoms with Crippen molar-refractivity contribution in [2.45, 2.75) is 45.2 Å². The van der Waals surface area contributed by atoms with Crippen LogP contribution in [0.2, 0.25) is 0 Å². The van der Waals surface area contributed by atoms with Crippen molar-refractivity contribution in [3.8, 4) is 6.07 Å². The maximum absolute atomic E-state index is 11.1. The Bertz CT molecular complexity index is 457. The highest BCUT2D eigenvalue weighted by Gasteiger charge is 2.42. The maximum atomic E-state index is 11.1. The Labute approximate surface area is 118 Å². The van der Waals surface area contributed by atoms with E-state index in [0.29, 0.717) is 0 Å². The van der Waals surface area contributed by atoms with Gasteiger partial charge in [0.2, 0.25) is 0 Å². The number of carboxylic acid groups (broad SMARTS) is 1. The van der Waals surface area contributed by atoms with Crippen molar-refractivity contribution in [1.29, 1.82) is 5.26 Å². The Kier molecular flexibility index (Phi) is 4.70. The number of thioether (sulfide) groups is 1. The molecule has 1 heterocycles. The van der Waals surface area contributed by atoms with Gasteiger partial charge in [-0.1, -0.05) is 6.92 Å².